The van der Waals surface area contributed by atoms with Crippen LogP contribution < -0.4 is 5.32 Å². The van der Waals surface area contributed by atoms with Crippen LogP contribution in [0.25, 0.3) is 22.4 Å². The molecule has 1 aliphatic heterocycles. The molecule has 0 saturated carbocycles. The number of aryl methyl sites for hydroxylation is 1. The van der Waals surface area contributed by atoms with E-state index >= 15 is 0 Å². The lowest BCUT2D eigenvalue weighted by Gasteiger charge is -2.34. The molecule has 27 heavy (non-hydrogen) atoms. The van der Waals surface area contributed by atoms with E-state index in [0.29, 0.717) is 5.82 Å². The van der Waals surface area contributed by atoms with E-state index in [2.05, 4.69) is 25.3 Å². The number of nitrogens with zero attached hydrogens (tertiary/aromatic N) is 6. The number of likely N-dealkylation sites (tertiary alicyclic amines) is 1. The van der Waals surface area contributed by atoms with Crippen molar-refractivity contribution in [2.75, 3.05) is 31.6 Å². The van der Waals surface area contributed by atoms with E-state index in [-0.39, 0.29) is 12.6 Å². The van der Waals surface area contributed by atoms with Crippen LogP contribution in [0.2, 0.25) is 0 Å². The van der Waals surface area contributed by atoms with E-state index in [1.54, 1.807) is 23.3 Å². The summed E-state index contributed by atoms with van der Waals surface area (Å²) in [5.41, 5.74) is 1.66. The van der Waals surface area contributed by atoms with Crippen LogP contribution in [0.4, 0.5) is 5.82 Å². The molecule has 1 fully saturated rings. The predicted molar refractivity (Wildman–Crippen MR) is 104 cm³/mol. The van der Waals surface area contributed by atoms with Crippen molar-refractivity contribution in [2.24, 2.45) is 7.05 Å². The Morgan fingerprint density at radius 2 is 2.19 bits per heavy atom. The molecule has 0 bridgehead atoms. The first-order valence-corrected chi connectivity index (χ1v) is 9.45. The molecule has 3 aromatic rings. The minimum Gasteiger partial charge on any atom is -0.395 e. The molecule has 8 nitrogen and oxygen atoms in total. The van der Waals surface area contributed by atoms with Crippen molar-refractivity contribution in [1.82, 2.24) is 29.6 Å². The third-order valence-corrected chi connectivity index (χ3v) is 5.16. The van der Waals surface area contributed by atoms with Gasteiger partial charge in [0.2, 0.25) is 0 Å². The van der Waals surface area contributed by atoms with E-state index in [9.17, 15) is 5.11 Å². The quantitative estimate of drug-likeness (QED) is 0.685. The van der Waals surface area contributed by atoms with Crippen molar-refractivity contribution in [1.29, 1.82) is 0 Å². The number of hydrogen-bond acceptors (Lipinski definition) is 7. The maximum atomic E-state index is 9.58. The number of rotatable bonds is 6. The molecule has 142 valence electrons. The van der Waals surface area contributed by atoms with Gasteiger partial charge in [-0.3, -0.25) is 14.6 Å². The summed E-state index contributed by atoms with van der Waals surface area (Å²) in [4.78, 5) is 15.9. The van der Waals surface area contributed by atoms with E-state index in [1.165, 1.54) is 12.8 Å². The smallest absolute Gasteiger partial charge is 0.165 e. The Kier molecular flexibility index (Phi) is 5.26. The molecule has 2 N–H and O–H groups in total. The van der Waals surface area contributed by atoms with Gasteiger partial charge < -0.3 is 10.4 Å². The molecule has 0 radical (unpaired) electrons. The summed E-state index contributed by atoms with van der Waals surface area (Å²) < 4.78 is 1.76. The largest absolute Gasteiger partial charge is 0.395 e. The van der Waals surface area contributed by atoms with Gasteiger partial charge in [-0.05, 0) is 31.5 Å². The van der Waals surface area contributed by atoms with Gasteiger partial charge >= 0.3 is 0 Å². The maximum Gasteiger partial charge on any atom is 0.165 e. The lowest BCUT2D eigenvalue weighted by Crippen LogP contribution is -2.44. The second-order valence-electron chi connectivity index (χ2n) is 6.94. The second-order valence-corrected chi connectivity index (χ2v) is 6.94. The maximum absolute atomic E-state index is 9.58. The SMILES string of the molecule is Cn1ncc2c(NCCN3CCCC[C@@H]3CO)nc(-c3cccnc3)nc21. The normalized spacial score (nSPS) is 18.1. The van der Waals surface area contributed by atoms with Crippen LogP contribution in [0.1, 0.15) is 19.3 Å². The third kappa shape index (κ3) is 3.77. The summed E-state index contributed by atoms with van der Waals surface area (Å²) in [6, 6.07) is 4.11. The molecule has 4 heterocycles. The van der Waals surface area contributed by atoms with Gasteiger partial charge in [-0.1, -0.05) is 6.42 Å². The first-order chi connectivity index (χ1) is 13.3. The van der Waals surface area contributed by atoms with Crippen LogP contribution in [0.3, 0.4) is 0 Å². The van der Waals surface area contributed by atoms with Gasteiger partial charge in [0.15, 0.2) is 11.5 Å². The van der Waals surface area contributed by atoms with Crippen molar-refractivity contribution in [3.8, 4) is 11.4 Å². The standard InChI is InChI=1S/C19H25N7O/c1-25-19-16(12-22-25)18(23-17(24-19)14-5-4-7-20-11-14)21-8-10-26-9-3-2-6-15(26)13-27/h4-5,7,11-12,15,27H,2-3,6,8-10,13H2,1H3,(H,21,23,24)/t15-/m1/s1. The number of piperidine rings is 1. The Morgan fingerprint density at radius 1 is 1.26 bits per heavy atom. The molecule has 1 aliphatic rings. The molecule has 8 heteroatoms. The average Bonchev–Trinajstić information content (AvgIpc) is 3.10. The number of pyridine rings is 1. The molecule has 0 spiro atoms. The molecule has 0 amide bonds. The van der Waals surface area contributed by atoms with Gasteiger partial charge in [-0.2, -0.15) is 5.10 Å². The first-order valence-electron chi connectivity index (χ1n) is 9.45. The molecule has 1 saturated heterocycles. The molecule has 4 rings (SSSR count). The minimum atomic E-state index is 0.228. The zero-order valence-corrected chi connectivity index (χ0v) is 15.5. The second kappa shape index (κ2) is 7.98. The van der Waals surface area contributed by atoms with Crippen LogP contribution in [0.15, 0.2) is 30.7 Å². The minimum absolute atomic E-state index is 0.228. The van der Waals surface area contributed by atoms with Gasteiger partial charge in [-0.15, -0.1) is 0 Å². The molecule has 3 aromatic heterocycles. The van der Waals surface area contributed by atoms with E-state index in [1.807, 2.05) is 19.2 Å². The number of aliphatic hydroxyl groups excluding tert-OH is 1. The average molecular weight is 367 g/mol. The highest BCUT2D eigenvalue weighted by Crippen LogP contribution is 2.24. The summed E-state index contributed by atoms with van der Waals surface area (Å²) in [7, 11) is 1.88. The van der Waals surface area contributed by atoms with Gasteiger partial charge in [0.25, 0.3) is 0 Å². The van der Waals surface area contributed by atoms with Gasteiger partial charge in [0.1, 0.15) is 5.82 Å². The molecular formula is C19H25N7O. The Labute approximate surface area is 158 Å². The van der Waals surface area contributed by atoms with Gasteiger partial charge in [0.05, 0.1) is 18.2 Å². The van der Waals surface area contributed by atoms with E-state index < -0.39 is 0 Å². The Bertz CT molecular complexity index is 896. The van der Waals surface area contributed by atoms with Crippen molar-refractivity contribution in [3.63, 3.8) is 0 Å². The van der Waals surface area contributed by atoms with Crippen molar-refractivity contribution in [2.45, 2.75) is 25.3 Å². The predicted octanol–water partition coefficient (Wildman–Crippen LogP) is 1.68. The lowest BCUT2D eigenvalue weighted by atomic mass is 10.0. The number of hydrogen-bond donors (Lipinski definition) is 2. The Balaban J connectivity index is 1.55. The van der Waals surface area contributed by atoms with Crippen LogP contribution in [-0.4, -0.2) is 67.0 Å². The number of aliphatic hydroxyl groups is 1. The van der Waals surface area contributed by atoms with Crippen molar-refractivity contribution >= 4 is 16.9 Å². The molecule has 0 aromatic carbocycles. The van der Waals surface area contributed by atoms with Gasteiger partial charge in [-0.25, -0.2) is 9.97 Å². The van der Waals surface area contributed by atoms with Gasteiger partial charge in [0, 0.05) is 44.1 Å². The fourth-order valence-electron chi connectivity index (χ4n) is 3.66. The van der Waals surface area contributed by atoms with Crippen molar-refractivity contribution in [3.05, 3.63) is 30.7 Å². The van der Waals surface area contributed by atoms with E-state index in [0.717, 1.165) is 48.5 Å². The summed E-state index contributed by atoms with van der Waals surface area (Å²) in [6.07, 6.45) is 8.76. The Hall–Kier alpha value is -2.58. The highest BCUT2D eigenvalue weighted by atomic mass is 16.3. The molecular weight excluding hydrogens is 342 g/mol. The first kappa shape index (κ1) is 17.8. The monoisotopic (exact) mass is 367 g/mol. The van der Waals surface area contributed by atoms with Crippen molar-refractivity contribution < 1.29 is 5.11 Å². The van der Waals surface area contributed by atoms with Crippen LogP contribution in [0.5, 0.6) is 0 Å². The summed E-state index contributed by atoms with van der Waals surface area (Å²) in [6.45, 7) is 2.90. The summed E-state index contributed by atoms with van der Waals surface area (Å²) >= 11 is 0. The van der Waals surface area contributed by atoms with Crippen LogP contribution in [0, 0.1) is 0 Å². The highest BCUT2D eigenvalue weighted by Gasteiger charge is 2.21. The van der Waals surface area contributed by atoms with Crippen LogP contribution >= 0.6 is 0 Å². The third-order valence-electron chi connectivity index (χ3n) is 5.16. The molecule has 0 unspecified atom stereocenters. The van der Waals surface area contributed by atoms with E-state index in [4.69, 9.17) is 4.98 Å². The zero-order chi connectivity index (χ0) is 18.6. The number of fused-ring (bicyclic) bond motifs is 1. The fourth-order valence-corrected chi connectivity index (χ4v) is 3.66. The number of anilines is 1. The Morgan fingerprint density at radius 3 is 3.00 bits per heavy atom. The lowest BCUT2D eigenvalue weighted by molar-refractivity contribution is 0.0940. The number of nitrogens with one attached hydrogen (secondary N) is 1. The molecule has 0 aliphatic carbocycles. The number of aromatic nitrogens is 5. The molecule has 1 atom stereocenters. The topological polar surface area (TPSA) is 92.0 Å². The van der Waals surface area contributed by atoms with Crippen LogP contribution in [-0.2, 0) is 7.05 Å². The highest BCUT2D eigenvalue weighted by molar-refractivity contribution is 5.88. The fraction of sp³-hybridized carbons (Fsp3) is 0.474. The summed E-state index contributed by atoms with van der Waals surface area (Å²) in [5.74, 6) is 1.41. The summed E-state index contributed by atoms with van der Waals surface area (Å²) in [5, 5.41) is 18.3. The zero-order valence-electron chi connectivity index (χ0n) is 15.5.